The van der Waals surface area contributed by atoms with Gasteiger partial charge in [0.05, 0.1) is 18.3 Å². The van der Waals surface area contributed by atoms with Crippen molar-refractivity contribution >= 4 is 5.97 Å². The van der Waals surface area contributed by atoms with Gasteiger partial charge in [-0.2, -0.15) is 0 Å². The Morgan fingerprint density at radius 1 is 1.17 bits per heavy atom. The normalized spacial score (nSPS) is 58.4. The molecule has 5 nitrogen and oxygen atoms in total. The maximum absolute atomic E-state index is 11.5. The Morgan fingerprint density at radius 2 is 1.90 bits per heavy atom. The Bertz CT molecular complexity index is 793. The van der Waals surface area contributed by atoms with Crippen LogP contribution >= 0.6 is 0 Å². The number of carboxylic acid groups (broad SMARTS) is 1. The minimum Gasteiger partial charge on any atom is -0.481 e. The predicted octanol–water partition coefficient (Wildman–Crippen LogP) is 3.45. The van der Waals surface area contributed by atoms with E-state index in [0.29, 0.717) is 12.8 Å². The summed E-state index contributed by atoms with van der Waals surface area (Å²) in [5, 5.41) is 42.5. The lowest BCUT2D eigenvalue weighted by Gasteiger charge is -2.63. The van der Waals surface area contributed by atoms with Crippen molar-refractivity contribution in [3.05, 3.63) is 0 Å². The Hall–Kier alpha value is -0.650. The molecule has 29 heavy (non-hydrogen) atoms. The van der Waals surface area contributed by atoms with Crippen LogP contribution in [0.1, 0.15) is 83.9 Å². The van der Waals surface area contributed by atoms with Crippen molar-refractivity contribution in [1.29, 1.82) is 0 Å². The summed E-state index contributed by atoms with van der Waals surface area (Å²) in [5.74, 6) is -1.65. The zero-order valence-electron chi connectivity index (χ0n) is 21.8. The van der Waals surface area contributed by atoms with E-state index < -0.39 is 53.8 Å². The van der Waals surface area contributed by atoms with E-state index in [4.69, 9.17) is 10.6 Å². The van der Waals surface area contributed by atoms with Crippen molar-refractivity contribution in [1.82, 2.24) is 0 Å². The third-order valence-corrected chi connectivity index (χ3v) is 9.61. The van der Waals surface area contributed by atoms with Gasteiger partial charge in [-0.15, -0.1) is 0 Å². The molecule has 0 heterocycles. The van der Waals surface area contributed by atoms with Crippen molar-refractivity contribution in [3.8, 4) is 0 Å². The van der Waals surface area contributed by atoms with Crippen molar-refractivity contribution in [3.63, 3.8) is 0 Å². The first kappa shape index (κ1) is 17.0. The summed E-state index contributed by atoms with van der Waals surface area (Å²) in [7, 11) is 0. The van der Waals surface area contributed by atoms with E-state index in [-0.39, 0.29) is 48.9 Å². The summed E-state index contributed by atoms with van der Waals surface area (Å²) in [6, 6.07) is 0. The number of aliphatic hydroxyl groups is 3. The van der Waals surface area contributed by atoms with Gasteiger partial charge in [0.15, 0.2) is 0 Å². The molecule has 4 N–H and O–H groups in total. The highest BCUT2D eigenvalue weighted by molar-refractivity contribution is 5.66. The van der Waals surface area contributed by atoms with Crippen LogP contribution in [-0.4, -0.2) is 44.7 Å². The molecule has 11 atom stereocenters. The Labute approximate surface area is 180 Å². The molecule has 0 aromatic carbocycles. The quantitative estimate of drug-likeness (QED) is 0.567. The zero-order valence-corrected chi connectivity index (χ0v) is 17.8. The second kappa shape index (κ2) is 7.49. The summed E-state index contributed by atoms with van der Waals surface area (Å²) >= 11 is 0. The molecule has 0 aromatic heterocycles. The number of hydrogen-bond acceptors (Lipinski definition) is 4. The first-order chi connectivity index (χ1) is 15.1. The summed E-state index contributed by atoms with van der Waals surface area (Å²) in [6.45, 7) is 6.04. The average Bonchev–Trinajstić information content (AvgIpc) is 3.06. The van der Waals surface area contributed by atoms with Crippen LogP contribution in [0.3, 0.4) is 0 Å². The molecule has 4 fully saturated rings. The zero-order chi connectivity index (χ0) is 24.7. The van der Waals surface area contributed by atoms with Gasteiger partial charge in [0.25, 0.3) is 0 Å². The van der Waals surface area contributed by atoms with Crippen LogP contribution in [0.2, 0.25) is 0 Å². The molecule has 4 saturated carbocycles. The van der Waals surface area contributed by atoms with Crippen molar-refractivity contribution in [2.75, 3.05) is 0 Å². The molecular formula is C24H40O5. The molecule has 166 valence electrons. The van der Waals surface area contributed by atoms with Gasteiger partial charge in [-0.1, -0.05) is 20.8 Å². The maximum Gasteiger partial charge on any atom is 0.303 e. The van der Waals surface area contributed by atoms with Crippen LogP contribution in [0, 0.1) is 46.3 Å². The number of carboxylic acids is 1. The van der Waals surface area contributed by atoms with Gasteiger partial charge >= 0.3 is 5.97 Å². The molecule has 0 aromatic rings. The second-order valence-electron chi connectivity index (χ2n) is 10.8. The highest BCUT2D eigenvalue weighted by atomic mass is 16.4. The Kier molecular flexibility index (Phi) is 4.38. The predicted molar refractivity (Wildman–Crippen MR) is 110 cm³/mol. The third kappa shape index (κ3) is 3.27. The number of carbonyl (C=O) groups is 1. The first-order valence-corrected chi connectivity index (χ1v) is 11.3. The van der Waals surface area contributed by atoms with Crippen LogP contribution in [0.5, 0.6) is 0 Å². The SMILES string of the molecule is [2H]C1([2H])C[C@]2(C)C3C[C@H](O)[C@]4(C)[C@@H]([C@H](C)CCC(=O)O)CC[C@H]4C3[C@H](O)C[C@@H]2C([2H])([2H])[C@@H]1O. The minimum absolute atomic E-state index is 0.00777. The van der Waals surface area contributed by atoms with Crippen LogP contribution in [0.4, 0.5) is 0 Å². The Balaban J connectivity index is 1.69. The smallest absolute Gasteiger partial charge is 0.303 e. The average molecular weight is 413 g/mol. The monoisotopic (exact) mass is 412 g/mol. The molecule has 0 bridgehead atoms. The number of hydrogen-bond donors (Lipinski definition) is 4. The molecule has 4 aliphatic carbocycles. The molecule has 0 saturated heterocycles. The molecule has 4 rings (SSSR count). The molecule has 0 radical (unpaired) electrons. The lowest BCUT2D eigenvalue weighted by atomic mass is 9.43. The van der Waals surface area contributed by atoms with E-state index in [1.165, 1.54) is 0 Å². The summed E-state index contributed by atoms with van der Waals surface area (Å²) in [4.78, 5) is 11.1. The van der Waals surface area contributed by atoms with Crippen molar-refractivity contribution < 1.29 is 30.7 Å². The second-order valence-corrected chi connectivity index (χ2v) is 10.8. The van der Waals surface area contributed by atoms with Gasteiger partial charge in [-0.25, -0.2) is 0 Å². The fourth-order valence-corrected chi connectivity index (χ4v) is 7.99. The topological polar surface area (TPSA) is 98.0 Å². The lowest BCUT2D eigenvalue weighted by Crippen LogP contribution is -2.62. The summed E-state index contributed by atoms with van der Waals surface area (Å²) in [5.41, 5.74) is -1.25. The van der Waals surface area contributed by atoms with Crippen LogP contribution in [-0.2, 0) is 4.79 Å². The molecule has 0 amide bonds. The van der Waals surface area contributed by atoms with E-state index in [9.17, 15) is 20.1 Å². The van der Waals surface area contributed by atoms with Gasteiger partial charge in [0.2, 0.25) is 0 Å². The van der Waals surface area contributed by atoms with Crippen molar-refractivity contribution in [2.45, 2.75) is 96.8 Å². The third-order valence-electron chi connectivity index (χ3n) is 9.61. The fraction of sp³-hybridized carbons (Fsp3) is 0.958. The van der Waals surface area contributed by atoms with Crippen molar-refractivity contribution in [2.24, 2.45) is 46.3 Å². The molecule has 0 aliphatic heterocycles. The van der Waals surface area contributed by atoms with Crippen LogP contribution in [0.15, 0.2) is 0 Å². The van der Waals surface area contributed by atoms with E-state index in [1.54, 1.807) is 0 Å². The molecular weight excluding hydrogens is 368 g/mol. The lowest BCUT2D eigenvalue weighted by molar-refractivity contribution is -0.207. The largest absolute Gasteiger partial charge is 0.481 e. The van der Waals surface area contributed by atoms with Gasteiger partial charge in [0.1, 0.15) is 0 Å². The van der Waals surface area contributed by atoms with E-state index in [0.717, 1.165) is 12.8 Å². The molecule has 0 spiro atoms. The maximum atomic E-state index is 11.5. The first-order valence-electron chi connectivity index (χ1n) is 13.3. The van der Waals surface area contributed by atoms with Gasteiger partial charge in [-0.05, 0) is 97.6 Å². The van der Waals surface area contributed by atoms with Gasteiger partial charge in [0, 0.05) is 11.9 Å². The number of aliphatic hydroxyl groups excluding tert-OH is 3. The molecule has 5 heteroatoms. The van der Waals surface area contributed by atoms with E-state index in [2.05, 4.69) is 13.8 Å². The number of fused-ring (bicyclic) bond motifs is 5. The molecule has 2 unspecified atom stereocenters. The minimum atomic E-state index is -2.17. The van der Waals surface area contributed by atoms with Crippen LogP contribution < -0.4 is 0 Å². The fourth-order valence-electron chi connectivity index (χ4n) is 7.99. The highest BCUT2D eigenvalue weighted by Crippen LogP contribution is 2.68. The van der Waals surface area contributed by atoms with Crippen LogP contribution in [0.25, 0.3) is 0 Å². The summed E-state index contributed by atoms with van der Waals surface area (Å²) in [6.07, 6.45) is -4.60. The van der Waals surface area contributed by atoms with E-state index in [1.807, 2.05) is 6.92 Å². The van der Waals surface area contributed by atoms with Gasteiger partial charge in [-0.3, -0.25) is 4.79 Å². The van der Waals surface area contributed by atoms with E-state index >= 15 is 0 Å². The summed E-state index contributed by atoms with van der Waals surface area (Å²) < 4.78 is 34.0. The standard InChI is InChI=1S/C24H40O5/c1-13(4-7-21(28)29)16-5-6-17-22-18(12-20(27)24(16,17)3)23(2)9-8-15(25)10-14(23)11-19(22)26/h13-20,22,25-27H,4-12H2,1-3H3,(H,28,29)/t13-,14+,15-,16-,17+,18?,19-,20+,22?,23+,24-/m1/s1/i8D2,10D2. The highest BCUT2D eigenvalue weighted by Gasteiger charge is 2.65. The Morgan fingerprint density at radius 3 is 2.59 bits per heavy atom. The molecule has 4 aliphatic rings. The van der Waals surface area contributed by atoms with Gasteiger partial charge < -0.3 is 20.4 Å². The number of aliphatic carboxylic acids is 1. The number of rotatable bonds is 4.